The van der Waals surface area contributed by atoms with Gasteiger partial charge in [-0.15, -0.1) is 0 Å². The van der Waals surface area contributed by atoms with E-state index in [1.54, 1.807) is 0 Å². The molecule has 0 aromatic carbocycles. The summed E-state index contributed by atoms with van der Waals surface area (Å²) in [5, 5.41) is 21.4. The van der Waals surface area contributed by atoms with Crippen LogP contribution in [0, 0.1) is 5.41 Å². The number of aromatic nitrogens is 1. The summed E-state index contributed by atoms with van der Waals surface area (Å²) >= 11 is 0. The van der Waals surface area contributed by atoms with Crippen LogP contribution >= 0.6 is 0 Å². The second-order valence-corrected chi connectivity index (χ2v) is 4.85. The Morgan fingerprint density at radius 2 is 2.05 bits per heavy atom. The Morgan fingerprint density at radius 1 is 1.37 bits per heavy atom. The Bertz CT molecular complexity index is 495. The Kier molecular flexibility index (Phi) is 3.69. The molecule has 1 fully saturated rings. The molecule has 2 rings (SSSR count). The van der Waals surface area contributed by atoms with Crippen molar-refractivity contribution in [3.63, 3.8) is 0 Å². The van der Waals surface area contributed by atoms with Gasteiger partial charge < -0.3 is 15.5 Å². The molecular weight excluding hydrogens is 248 g/mol. The zero-order chi connectivity index (χ0) is 13.9. The number of carbonyl (C=O) groups excluding carboxylic acids is 1. The number of hydrogen-bond acceptors (Lipinski definition) is 4. The van der Waals surface area contributed by atoms with E-state index in [9.17, 15) is 19.8 Å². The molecule has 3 N–H and O–H groups in total. The van der Waals surface area contributed by atoms with Gasteiger partial charge in [-0.25, -0.2) is 4.98 Å². The van der Waals surface area contributed by atoms with Crippen molar-refractivity contribution in [1.29, 1.82) is 0 Å². The average Bonchev–Trinajstić information content (AvgIpc) is 2.86. The highest BCUT2D eigenvalue weighted by molar-refractivity contribution is 5.95. The quantitative estimate of drug-likeness (QED) is 0.757. The van der Waals surface area contributed by atoms with Crippen LogP contribution in [0.1, 0.15) is 36.2 Å². The number of carboxylic acids is 1. The van der Waals surface area contributed by atoms with E-state index >= 15 is 0 Å². The van der Waals surface area contributed by atoms with Crippen LogP contribution in [0.4, 0.5) is 0 Å². The predicted octanol–water partition coefficient (Wildman–Crippen LogP) is 1.16. The van der Waals surface area contributed by atoms with Gasteiger partial charge in [-0.2, -0.15) is 0 Å². The third-order valence-electron chi connectivity index (χ3n) is 3.60. The number of carboxylic acid groups (broad SMARTS) is 1. The summed E-state index contributed by atoms with van der Waals surface area (Å²) in [5.41, 5.74) is -0.957. The molecule has 6 nitrogen and oxygen atoms in total. The molecule has 1 saturated carbocycles. The lowest BCUT2D eigenvalue weighted by atomic mass is 9.86. The Balaban J connectivity index is 2.04. The van der Waals surface area contributed by atoms with E-state index in [1.807, 2.05) is 0 Å². The molecule has 102 valence electrons. The minimum Gasteiger partial charge on any atom is -0.505 e. The summed E-state index contributed by atoms with van der Waals surface area (Å²) in [7, 11) is 0. The molecule has 0 atom stereocenters. The van der Waals surface area contributed by atoms with E-state index in [0.29, 0.717) is 12.8 Å². The Hall–Kier alpha value is -2.11. The molecule has 0 saturated heterocycles. The number of aliphatic carboxylic acids is 1. The normalized spacial score (nSPS) is 17.1. The van der Waals surface area contributed by atoms with Gasteiger partial charge >= 0.3 is 5.97 Å². The summed E-state index contributed by atoms with van der Waals surface area (Å²) in [6.45, 7) is 0.0666. The van der Waals surface area contributed by atoms with Gasteiger partial charge in [0.2, 0.25) is 0 Å². The van der Waals surface area contributed by atoms with Gasteiger partial charge in [0.05, 0.1) is 5.41 Å². The van der Waals surface area contributed by atoms with Crippen LogP contribution in [0.5, 0.6) is 5.75 Å². The van der Waals surface area contributed by atoms with Crippen LogP contribution in [0.2, 0.25) is 0 Å². The van der Waals surface area contributed by atoms with Crippen LogP contribution in [0.3, 0.4) is 0 Å². The number of hydrogen-bond donors (Lipinski definition) is 3. The fourth-order valence-corrected chi connectivity index (χ4v) is 2.42. The van der Waals surface area contributed by atoms with Gasteiger partial charge in [-0.05, 0) is 25.0 Å². The fraction of sp³-hybridized carbons (Fsp3) is 0.462. The standard InChI is InChI=1S/C13H16N2O4/c16-9-4-3-7-14-10(9)11(17)15-8-13(12(18)19)5-1-2-6-13/h3-4,7,16H,1-2,5-6,8H2,(H,15,17)(H,18,19). The maximum Gasteiger partial charge on any atom is 0.311 e. The maximum absolute atomic E-state index is 11.9. The molecule has 1 aliphatic rings. The Labute approximate surface area is 110 Å². The molecular formula is C13H16N2O4. The first-order valence-electron chi connectivity index (χ1n) is 6.21. The van der Waals surface area contributed by atoms with E-state index in [1.165, 1.54) is 18.3 Å². The molecule has 0 spiro atoms. The topological polar surface area (TPSA) is 99.5 Å². The zero-order valence-corrected chi connectivity index (χ0v) is 10.4. The van der Waals surface area contributed by atoms with Crippen molar-refractivity contribution >= 4 is 11.9 Å². The molecule has 19 heavy (non-hydrogen) atoms. The molecule has 0 aliphatic heterocycles. The van der Waals surface area contributed by atoms with Crippen LogP contribution in [-0.4, -0.2) is 33.6 Å². The second kappa shape index (κ2) is 5.26. The molecule has 0 bridgehead atoms. The van der Waals surface area contributed by atoms with E-state index < -0.39 is 17.3 Å². The van der Waals surface area contributed by atoms with E-state index in [2.05, 4.69) is 10.3 Å². The minimum absolute atomic E-state index is 0.0666. The van der Waals surface area contributed by atoms with Crippen molar-refractivity contribution in [3.05, 3.63) is 24.0 Å². The largest absolute Gasteiger partial charge is 0.505 e. The first kappa shape index (κ1) is 13.3. The molecule has 6 heteroatoms. The molecule has 1 aromatic heterocycles. The third-order valence-corrected chi connectivity index (χ3v) is 3.60. The summed E-state index contributed by atoms with van der Waals surface area (Å²) in [6, 6.07) is 2.88. The van der Waals surface area contributed by atoms with Gasteiger partial charge in [0.25, 0.3) is 5.91 Å². The number of carbonyl (C=O) groups is 2. The molecule has 1 heterocycles. The van der Waals surface area contributed by atoms with Gasteiger partial charge in [-0.1, -0.05) is 12.8 Å². The van der Waals surface area contributed by atoms with Crippen LogP contribution in [0.15, 0.2) is 18.3 Å². The first-order valence-corrected chi connectivity index (χ1v) is 6.21. The summed E-state index contributed by atoms with van der Waals surface area (Å²) in [4.78, 5) is 27.0. The lowest BCUT2D eigenvalue weighted by molar-refractivity contribution is -0.148. The fourth-order valence-electron chi connectivity index (χ4n) is 2.42. The van der Waals surface area contributed by atoms with E-state index in [4.69, 9.17) is 0 Å². The highest BCUT2D eigenvalue weighted by Crippen LogP contribution is 2.37. The van der Waals surface area contributed by atoms with Crippen molar-refractivity contribution in [1.82, 2.24) is 10.3 Å². The summed E-state index contributed by atoms with van der Waals surface area (Å²) in [6.07, 6.45) is 4.25. The summed E-state index contributed by atoms with van der Waals surface area (Å²) < 4.78 is 0. The van der Waals surface area contributed by atoms with Crippen molar-refractivity contribution in [2.75, 3.05) is 6.54 Å². The smallest absolute Gasteiger partial charge is 0.311 e. The van der Waals surface area contributed by atoms with Gasteiger partial charge in [0.15, 0.2) is 5.69 Å². The van der Waals surface area contributed by atoms with Gasteiger partial charge in [0, 0.05) is 12.7 Å². The lowest BCUT2D eigenvalue weighted by Crippen LogP contribution is -2.41. The number of rotatable bonds is 4. The molecule has 0 radical (unpaired) electrons. The third kappa shape index (κ3) is 2.67. The maximum atomic E-state index is 11.9. The number of amides is 1. The van der Waals surface area contributed by atoms with Gasteiger partial charge in [-0.3, -0.25) is 9.59 Å². The number of pyridine rings is 1. The number of nitrogens with one attached hydrogen (secondary N) is 1. The lowest BCUT2D eigenvalue weighted by Gasteiger charge is -2.23. The average molecular weight is 264 g/mol. The van der Waals surface area contributed by atoms with Crippen LogP contribution < -0.4 is 5.32 Å². The van der Waals surface area contributed by atoms with E-state index in [0.717, 1.165) is 12.8 Å². The molecule has 0 unspecified atom stereocenters. The Morgan fingerprint density at radius 3 is 2.63 bits per heavy atom. The van der Waals surface area contributed by atoms with E-state index in [-0.39, 0.29) is 18.0 Å². The summed E-state index contributed by atoms with van der Waals surface area (Å²) in [5.74, 6) is -1.64. The number of aromatic hydroxyl groups is 1. The molecule has 1 aromatic rings. The van der Waals surface area contributed by atoms with Crippen molar-refractivity contribution in [3.8, 4) is 5.75 Å². The number of nitrogens with zero attached hydrogens (tertiary/aromatic N) is 1. The van der Waals surface area contributed by atoms with Gasteiger partial charge in [0.1, 0.15) is 5.75 Å². The zero-order valence-electron chi connectivity index (χ0n) is 10.4. The van der Waals surface area contributed by atoms with Crippen LogP contribution in [0.25, 0.3) is 0 Å². The monoisotopic (exact) mass is 264 g/mol. The molecule has 1 amide bonds. The molecule has 1 aliphatic carbocycles. The minimum atomic E-state index is -0.879. The highest BCUT2D eigenvalue weighted by Gasteiger charge is 2.41. The highest BCUT2D eigenvalue weighted by atomic mass is 16.4. The van der Waals surface area contributed by atoms with Crippen LogP contribution in [-0.2, 0) is 4.79 Å². The van der Waals surface area contributed by atoms with Crippen molar-refractivity contribution < 1.29 is 19.8 Å². The second-order valence-electron chi connectivity index (χ2n) is 4.85. The van der Waals surface area contributed by atoms with Crippen molar-refractivity contribution in [2.24, 2.45) is 5.41 Å². The first-order chi connectivity index (χ1) is 9.05. The SMILES string of the molecule is O=C(NCC1(C(=O)O)CCCC1)c1ncccc1O. The van der Waals surface area contributed by atoms with Crippen molar-refractivity contribution in [2.45, 2.75) is 25.7 Å². The predicted molar refractivity (Wildman–Crippen MR) is 66.8 cm³/mol.